The standard InChI is InChI=1S/C18H28N2O3/c1-12(2)14-6-8-15(9-7-14)20-17(23)16(22)19-11-18(4,5)10-13(3)21/h6-9,12-13,21H,10-11H2,1-5H3,(H,19,22)(H,20,23). The van der Waals surface area contributed by atoms with Gasteiger partial charge in [-0.3, -0.25) is 9.59 Å². The number of rotatable bonds is 6. The maximum atomic E-state index is 11.9. The van der Waals surface area contributed by atoms with Gasteiger partial charge in [0, 0.05) is 12.2 Å². The maximum absolute atomic E-state index is 11.9. The van der Waals surface area contributed by atoms with Crippen LogP contribution in [0.5, 0.6) is 0 Å². The van der Waals surface area contributed by atoms with Gasteiger partial charge in [-0.15, -0.1) is 0 Å². The molecule has 0 aliphatic rings. The fourth-order valence-corrected chi connectivity index (χ4v) is 2.41. The number of aliphatic hydroxyl groups is 1. The van der Waals surface area contributed by atoms with Gasteiger partial charge in [-0.05, 0) is 42.4 Å². The summed E-state index contributed by atoms with van der Waals surface area (Å²) in [6.07, 6.45) is 0.0983. The van der Waals surface area contributed by atoms with Crippen LogP contribution < -0.4 is 10.6 Å². The van der Waals surface area contributed by atoms with E-state index in [1.807, 2.05) is 26.0 Å². The normalized spacial score (nSPS) is 12.8. The van der Waals surface area contributed by atoms with E-state index in [2.05, 4.69) is 24.5 Å². The number of hydrogen-bond acceptors (Lipinski definition) is 3. The van der Waals surface area contributed by atoms with Crippen LogP contribution in [-0.2, 0) is 9.59 Å². The van der Waals surface area contributed by atoms with E-state index in [1.165, 1.54) is 5.56 Å². The summed E-state index contributed by atoms with van der Waals surface area (Å²) in [5.74, 6) is -0.939. The van der Waals surface area contributed by atoms with Crippen molar-refractivity contribution in [3.63, 3.8) is 0 Å². The summed E-state index contributed by atoms with van der Waals surface area (Å²) in [5.41, 5.74) is 1.49. The van der Waals surface area contributed by atoms with E-state index in [-0.39, 0.29) is 5.41 Å². The zero-order chi connectivity index (χ0) is 17.6. The molecule has 5 heteroatoms. The van der Waals surface area contributed by atoms with E-state index >= 15 is 0 Å². The highest BCUT2D eigenvalue weighted by Gasteiger charge is 2.23. The van der Waals surface area contributed by atoms with E-state index in [0.29, 0.717) is 24.6 Å². The second kappa shape index (κ2) is 8.11. The van der Waals surface area contributed by atoms with Gasteiger partial charge in [0.15, 0.2) is 0 Å². The molecule has 0 saturated carbocycles. The van der Waals surface area contributed by atoms with Crippen molar-refractivity contribution in [2.45, 2.75) is 53.1 Å². The molecule has 5 nitrogen and oxygen atoms in total. The second-order valence-electron chi connectivity index (χ2n) is 7.13. The molecule has 0 radical (unpaired) electrons. The van der Waals surface area contributed by atoms with Crippen molar-refractivity contribution in [1.82, 2.24) is 5.32 Å². The lowest BCUT2D eigenvalue weighted by Gasteiger charge is -2.26. The Labute approximate surface area is 138 Å². The van der Waals surface area contributed by atoms with Crippen LogP contribution in [0.1, 0.15) is 52.5 Å². The molecule has 0 aromatic heterocycles. The molecule has 128 valence electrons. The number of aliphatic hydroxyl groups excluding tert-OH is 1. The number of amides is 2. The van der Waals surface area contributed by atoms with Gasteiger partial charge in [0.05, 0.1) is 6.10 Å². The topological polar surface area (TPSA) is 78.4 Å². The van der Waals surface area contributed by atoms with E-state index in [9.17, 15) is 14.7 Å². The van der Waals surface area contributed by atoms with Crippen molar-refractivity contribution in [2.24, 2.45) is 5.41 Å². The molecule has 0 bridgehead atoms. The van der Waals surface area contributed by atoms with Gasteiger partial charge in [-0.25, -0.2) is 0 Å². The summed E-state index contributed by atoms with van der Waals surface area (Å²) in [4.78, 5) is 23.8. The largest absolute Gasteiger partial charge is 0.393 e. The predicted molar refractivity (Wildman–Crippen MR) is 92.2 cm³/mol. The Morgan fingerprint density at radius 2 is 1.65 bits per heavy atom. The van der Waals surface area contributed by atoms with Gasteiger partial charge in [0.1, 0.15) is 0 Å². The lowest BCUT2D eigenvalue weighted by Crippen LogP contribution is -2.41. The Morgan fingerprint density at radius 3 is 2.13 bits per heavy atom. The fourth-order valence-electron chi connectivity index (χ4n) is 2.41. The average Bonchev–Trinajstić information content (AvgIpc) is 2.44. The first-order valence-electron chi connectivity index (χ1n) is 7.98. The zero-order valence-corrected chi connectivity index (χ0v) is 14.6. The second-order valence-corrected chi connectivity index (χ2v) is 7.13. The van der Waals surface area contributed by atoms with Crippen LogP contribution in [0.2, 0.25) is 0 Å². The van der Waals surface area contributed by atoms with Crippen LogP contribution in [0.25, 0.3) is 0 Å². The van der Waals surface area contributed by atoms with Gasteiger partial charge in [-0.2, -0.15) is 0 Å². The molecule has 1 aromatic carbocycles. The Kier molecular flexibility index (Phi) is 6.76. The number of carbonyl (C=O) groups excluding carboxylic acids is 2. The van der Waals surface area contributed by atoms with Crippen LogP contribution in [-0.4, -0.2) is 29.6 Å². The summed E-state index contributed by atoms with van der Waals surface area (Å²) in [5, 5.41) is 14.6. The van der Waals surface area contributed by atoms with E-state index in [0.717, 1.165) is 0 Å². The number of anilines is 1. The maximum Gasteiger partial charge on any atom is 0.313 e. The number of benzene rings is 1. The van der Waals surface area contributed by atoms with Crippen LogP contribution in [0.3, 0.4) is 0 Å². The fraction of sp³-hybridized carbons (Fsp3) is 0.556. The minimum absolute atomic E-state index is 0.275. The van der Waals surface area contributed by atoms with E-state index in [1.54, 1.807) is 19.1 Å². The minimum atomic E-state index is -0.685. The van der Waals surface area contributed by atoms with Crippen LogP contribution in [0.4, 0.5) is 5.69 Å². The molecule has 0 aliphatic carbocycles. The van der Waals surface area contributed by atoms with Crippen molar-refractivity contribution in [3.05, 3.63) is 29.8 Å². The van der Waals surface area contributed by atoms with Crippen molar-refractivity contribution in [2.75, 3.05) is 11.9 Å². The monoisotopic (exact) mass is 320 g/mol. The first-order valence-corrected chi connectivity index (χ1v) is 7.98. The Morgan fingerprint density at radius 1 is 1.09 bits per heavy atom. The van der Waals surface area contributed by atoms with Crippen LogP contribution >= 0.6 is 0 Å². The van der Waals surface area contributed by atoms with Crippen molar-refractivity contribution in [3.8, 4) is 0 Å². The number of hydrogen-bond donors (Lipinski definition) is 3. The van der Waals surface area contributed by atoms with Gasteiger partial charge in [0.25, 0.3) is 0 Å². The van der Waals surface area contributed by atoms with E-state index in [4.69, 9.17) is 0 Å². The Bertz CT molecular complexity index is 534. The molecule has 0 saturated heterocycles. The highest BCUT2D eigenvalue weighted by Crippen LogP contribution is 2.21. The number of nitrogens with one attached hydrogen (secondary N) is 2. The SMILES string of the molecule is CC(O)CC(C)(C)CNC(=O)C(=O)Nc1ccc(C(C)C)cc1. The highest BCUT2D eigenvalue weighted by molar-refractivity contribution is 6.39. The molecule has 0 aliphatic heterocycles. The third-order valence-corrected chi connectivity index (χ3v) is 3.62. The lowest BCUT2D eigenvalue weighted by molar-refractivity contribution is -0.136. The van der Waals surface area contributed by atoms with Gasteiger partial charge >= 0.3 is 11.8 Å². The molecule has 0 fully saturated rings. The molecule has 1 unspecified atom stereocenters. The molecular formula is C18H28N2O3. The molecule has 23 heavy (non-hydrogen) atoms. The summed E-state index contributed by atoms with van der Waals surface area (Å²) in [6, 6.07) is 7.45. The molecule has 1 atom stereocenters. The van der Waals surface area contributed by atoms with Crippen molar-refractivity contribution < 1.29 is 14.7 Å². The predicted octanol–water partition coefficient (Wildman–Crippen LogP) is 2.66. The smallest absolute Gasteiger partial charge is 0.313 e. The lowest BCUT2D eigenvalue weighted by atomic mass is 9.87. The molecule has 0 heterocycles. The molecule has 1 aromatic rings. The molecule has 0 spiro atoms. The Balaban J connectivity index is 2.52. The van der Waals surface area contributed by atoms with Crippen LogP contribution in [0, 0.1) is 5.41 Å². The van der Waals surface area contributed by atoms with Crippen LogP contribution in [0.15, 0.2) is 24.3 Å². The molecular weight excluding hydrogens is 292 g/mol. The third-order valence-electron chi connectivity index (χ3n) is 3.62. The summed E-state index contributed by atoms with van der Waals surface area (Å²) in [7, 11) is 0. The number of carbonyl (C=O) groups is 2. The first kappa shape index (κ1) is 19.2. The summed E-state index contributed by atoms with van der Waals surface area (Å²) >= 11 is 0. The van der Waals surface area contributed by atoms with Gasteiger partial charge in [0.2, 0.25) is 0 Å². The third kappa shape index (κ3) is 6.82. The van der Waals surface area contributed by atoms with Crippen molar-refractivity contribution >= 4 is 17.5 Å². The first-order chi connectivity index (χ1) is 10.6. The molecule has 3 N–H and O–H groups in total. The quantitative estimate of drug-likeness (QED) is 0.705. The highest BCUT2D eigenvalue weighted by atomic mass is 16.3. The Hall–Kier alpha value is -1.88. The van der Waals surface area contributed by atoms with Gasteiger partial charge in [-0.1, -0.05) is 39.8 Å². The summed E-state index contributed by atoms with van der Waals surface area (Å²) < 4.78 is 0. The average molecular weight is 320 g/mol. The zero-order valence-electron chi connectivity index (χ0n) is 14.6. The van der Waals surface area contributed by atoms with E-state index < -0.39 is 17.9 Å². The minimum Gasteiger partial charge on any atom is -0.393 e. The summed E-state index contributed by atoms with van der Waals surface area (Å²) in [6.45, 7) is 10.1. The van der Waals surface area contributed by atoms with Crippen molar-refractivity contribution in [1.29, 1.82) is 0 Å². The molecule has 2 amide bonds. The molecule has 1 rings (SSSR count). The van der Waals surface area contributed by atoms with Gasteiger partial charge < -0.3 is 15.7 Å².